The topological polar surface area (TPSA) is 26.3 Å². The predicted octanol–water partition coefficient (Wildman–Crippen LogP) is 4.12. The molecule has 2 nitrogen and oxygen atoms in total. The molecule has 0 aliphatic rings. The predicted molar refractivity (Wildman–Crippen MR) is 81.5 cm³/mol. The summed E-state index contributed by atoms with van der Waals surface area (Å²) >= 11 is 1.62. The Hall–Kier alpha value is -1.87. The van der Waals surface area contributed by atoms with Crippen LogP contribution in [-0.2, 0) is 0 Å². The Labute approximate surface area is 115 Å². The van der Waals surface area contributed by atoms with Gasteiger partial charge in [-0.3, -0.25) is 4.79 Å². The smallest absolute Gasteiger partial charge is 0.196 e. The average Bonchev–Trinajstić information content (AvgIpc) is 2.41. The van der Waals surface area contributed by atoms with Gasteiger partial charge in [0.05, 0.1) is 11.3 Å². The van der Waals surface area contributed by atoms with Gasteiger partial charge in [-0.1, -0.05) is 12.1 Å². The van der Waals surface area contributed by atoms with Gasteiger partial charge in [0.15, 0.2) is 5.43 Å². The summed E-state index contributed by atoms with van der Waals surface area (Å²) in [6, 6.07) is 11.7. The van der Waals surface area contributed by atoms with Crippen LogP contribution in [0.1, 0.15) is 12.5 Å². The van der Waals surface area contributed by atoms with E-state index in [9.17, 15) is 4.79 Å². The van der Waals surface area contributed by atoms with Crippen molar-refractivity contribution in [1.29, 1.82) is 0 Å². The van der Waals surface area contributed by atoms with Crippen LogP contribution < -0.4 is 10.2 Å². The van der Waals surface area contributed by atoms with Gasteiger partial charge < -0.3 is 4.74 Å². The second kappa shape index (κ2) is 4.67. The lowest BCUT2D eigenvalue weighted by molar-refractivity contribution is 0.344. The number of benzene rings is 2. The molecule has 0 spiro atoms. The third-order valence-corrected chi connectivity index (χ3v) is 4.29. The largest absolute Gasteiger partial charge is 0.492 e. The average molecular weight is 270 g/mol. The van der Waals surface area contributed by atoms with E-state index in [4.69, 9.17) is 4.74 Å². The second-order valence-corrected chi connectivity index (χ2v) is 5.55. The summed E-state index contributed by atoms with van der Waals surface area (Å²) in [5, 5.41) is 1.54. The highest BCUT2D eigenvalue weighted by molar-refractivity contribution is 7.24. The van der Waals surface area contributed by atoms with Gasteiger partial charge in [0, 0.05) is 15.5 Å². The summed E-state index contributed by atoms with van der Waals surface area (Å²) < 4.78 is 7.62. The maximum atomic E-state index is 12.5. The van der Waals surface area contributed by atoms with Crippen LogP contribution in [-0.4, -0.2) is 6.61 Å². The Bertz CT molecular complexity index is 818. The summed E-state index contributed by atoms with van der Waals surface area (Å²) in [7, 11) is 0. The van der Waals surface area contributed by atoms with E-state index in [-0.39, 0.29) is 5.43 Å². The van der Waals surface area contributed by atoms with Crippen molar-refractivity contribution in [2.24, 2.45) is 0 Å². The zero-order valence-corrected chi connectivity index (χ0v) is 11.7. The molecule has 0 saturated carbocycles. The van der Waals surface area contributed by atoms with Gasteiger partial charge in [0.1, 0.15) is 5.75 Å². The van der Waals surface area contributed by atoms with Crippen LogP contribution in [0.25, 0.3) is 20.2 Å². The van der Waals surface area contributed by atoms with Crippen LogP contribution in [0, 0.1) is 6.92 Å². The molecule has 0 saturated heterocycles. The van der Waals surface area contributed by atoms with E-state index in [0.717, 1.165) is 31.5 Å². The van der Waals surface area contributed by atoms with Crippen molar-refractivity contribution < 1.29 is 4.74 Å². The first-order valence-electron chi connectivity index (χ1n) is 6.29. The fourth-order valence-electron chi connectivity index (χ4n) is 2.27. The lowest BCUT2D eigenvalue weighted by atomic mass is 10.1. The van der Waals surface area contributed by atoms with Crippen molar-refractivity contribution in [3.8, 4) is 5.75 Å². The number of rotatable bonds is 2. The number of aryl methyl sites for hydroxylation is 1. The van der Waals surface area contributed by atoms with Gasteiger partial charge in [0.25, 0.3) is 0 Å². The van der Waals surface area contributed by atoms with Crippen molar-refractivity contribution >= 4 is 31.5 Å². The highest BCUT2D eigenvalue weighted by atomic mass is 32.1. The molecule has 0 fully saturated rings. The summed E-state index contributed by atoms with van der Waals surface area (Å²) in [5.41, 5.74) is 1.14. The molecule has 0 aliphatic heterocycles. The molecule has 0 bridgehead atoms. The third kappa shape index (κ3) is 2.00. The van der Waals surface area contributed by atoms with Crippen molar-refractivity contribution in [2.75, 3.05) is 6.61 Å². The number of hydrogen-bond acceptors (Lipinski definition) is 3. The molecule has 2 aromatic carbocycles. The Kier molecular flexibility index (Phi) is 2.99. The zero-order valence-electron chi connectivity index (χ0n) is 10.9. The highest BCUT2D eigenvalue weighted by Gasteiger charge is 2.10. The number of hydrogen-bond donors (Lipinski definition) is 0. The first-order chi connectivity index (χ1) is 9.20. The van der Waals surface area contributed by atoms with Gasteiger partial charge in [-0.15, -0.1) is 11.3 Å². The molecule has 0 amide bonds. The molecule has 19 heavy (non-hydrogen) atoms. The summed E-state index contributed by atoms with van der Waals surface area (Å²) in [5.74, 6) is 0.811. The Morgan fingerprint density at radius 3 is 2.74 bits per heavy atom. The normalized spacial score (nSPS) is 11.1. The Morgan fingerprint density at radius 1 is 1.16 bits per heavy atom. The van der Waals surface area contributed by atoms with E-state index in [0.29, 0.717) is 6.61 Å². The van der Waals surface area contributed by atoms with Crippen molar-refractivity contribution in [3.63, 3.8) is 0 Å². The monoisotopic (exact) mass is 270 g/mol. The molecule has 0 N–H and O–H groups in total. The molecule has 0 aliphatic carbocycles. The fourth-order valence-corrected chi connectivity index (χ4v) is 3.39. The van der Waals surface area contributed by atoms with E-state index < -0.39 is 0 Å². The molecule has 1 heterocycles. The molecule has 3 aromatic rings. The zero-order chi connectivity index (χ0) is 13.4. The molecule has 3 heteroatoms. The quantitative estimate of drug-likeness (QED) is 0.655. The molecular formula is C16H14O2S. The second-order valence-electron chi connectivity index (χ2n) is 4.50. The molecule has 3 rings (SSSR count). The summed E-state index contributed by atoms with van der Waals surface area (Å²) in [4.78, 5) is 12.5. The first kappa shape index (κ1) is 12.2. The summed E-state index contributed by atoms with van der Waals surface area (Å²) in [6.45, 7) is 4.55. The molecule has 0 radical (unpaired) electrons. The minimum absolute atomic E-state index is 0.0917. The van der Waals surface area contributed by atoms with E-state index in [1.807, 2.05) is 50.2 Å². The minimum atomic E-state index is 0.0917. The number of ether oxygens (including phenoxy) is 1. The standard InChI is InChI=1S/C16H14O2S/c1-3-18-13-9-10(2)8-12-15(17)11-6-4-5-7-14(11)19-16(12)13/h4-9H,3H2,1-2H3. The van der Waals surface area contributed by atoms with Crippen LogP contribution in [0.2, 0.25) is 0 Å². The lowest BCUT2D eigenvalue weighted by Gasteiger charge is -2.09. The van der Waals surface area contributed by atoms with Crippen LogP contribution in [0.3, 0.4) is 0 Å². The van der Waals surface area contributed by atoms with Crippen molar-refractivity contribution in [1.82, 2.24) is 0 Å². The van der Waals surface area contributed by atoms with Gasteiger partial charge in [-0.05, 0) is 43.7 Å². The van der Waals surface area contributed by atoms with E-state index in [2.05, 4.69) is 0 Å². The Morgan fingerprint density at radius 2 is 1.95 bits per heavy atom. The molecular weight excluding hydrogens is 256 g/mol. The van der Waals surface area contributed by atoms with Gasteiger partial charge in [-0.2, -0.15) is 0 Å². The molecule has 0 atom stereocenters. The van der Waals surface area contributed by atoms with E-state index in [1.54, 1.807) is 11.3 Å². The minimum Gasteiger partial charge on any atom is -0.492 e. The van der Waals surface area contributed by atoms with Crippen LogP contribution in [0.5, 0.6) is 5.75 Å². The van der Waals surface area contributed by atoms with Crippen LogP contribution in [0.15, 0.2) is 41.2 Å². The maximum Gasteiger partial charge on any atom is 0.196 e. The van der Waals surface area contributed by atoms with Crippen molar-refractivity contribution in [2.45, 2.75) is 13.8 Å². The van der Waals surface area contributed by atoms with E-state index in [1.165, 1.54) is 0 Å². The van der Waals surface area contributed by atoms with E-state index >= 15 is 0 Å². The Balaban J connectivity index is 2.50. The van der Waals surface area contributed by atoms with Crippen molar-refractivity contribution in [3.05, 3.63) is 52.2 Å². The molecule has 96 valence electrons. The fraction of sp³-hybridized carbons (Fsp3) is 0.188. The molecule has 0 unspecified atom stereocenters. The SMILES string of the molecule is CCOc1cc(C)cc2c(=O)c3ccccc3sc12. The summed E-state index contributed by atoms with van der Waals surface area (Å²) in [6.07, 6.45) is 0. The van der Waals surface area contributed by atoms with Gasteiger partial charge in [-0.25, -0.2) is 0 Å². The van der Waals surface area contributed by atoms with Crippen LogP contribution in [0.4, 0.5) is 0 Å². The lowest BCUT2D eigenvalue weighted by Crippen LogP contribution is -2.03. The first-order valence-corrected chi connectivity index (χ1v) is 7.11. The third-order valence-electron chi connectivity index (χ3n) is 3.09. The molecule has 1 aromatic heterocycles. The maximum absolute atomic E-state index is 12.5. The van der Waals surface area contributed by atoms with Crippen LogP contribution >= 0.6 is 11.3 Å². The van der Waals surface area contributed by atoms with Gasteiger partial charge in [0.2, 0.25) is 0 Å². The highest BCUT2D eigenvalue weighted by Crippen LogP contribution is 2.33. The van der Waals surface area contributed by atoms with Gasteiger partial charge >= 0.3 is 0 Å². The number of fused-ring (bicyclic) bond motifs is 2.